The van der Waals surface area contributed by atoms with Crippen LogP contribution < -0.4 is 24.8 Å². The summed E-state index contributed by atoms with van der Waals surface area (Å²) in [6, 6.07) is 44.4. The van der Waals surface area contributed by atoms with Gasteiger partial charge in [0, 0.05) is 0 Å². The molecule has 0 fully saturated rings. The Morgan fingerprint density at radius 2 is 0.516 bits per heavy atom. The van der Waals surface area contributed by atoms with Crippen molar-refractivity contribution in [2.24, 2.45) is 0 Å². The molecule has 0 aromatic heterocycles. The fraction of sp³-hybridized carbons (Fsp3) is 0.357. The van der Waals surface area contributed by atoms with Crippen molar-refractivity contribution in [2.45, 2.75) is 133 Å². The van der Waals surface area contributed by atoms with Gasteiger partial charge in [-0.3, -0.25) is 0 Å². The van der Waals surface area contributed by atoms with Crippen molar-refractivity contribution in [3.05, 3.63) is 166 Å². The molecule has 8 rings (SSSR count). The molecule has 0 bridgehead atoms. The minimum Gasteiger partial charge on any atom is -1.00 e. The minimum absolute atomic E-state index is 0. The standard InChI is InChI=1S/4C13H15.2C2H6Si.2ClH.2Zr/c4*1-9(2)12-6-4-5-11-7-10(3)8-13(11)12;2*1-3-2;;;;/h4*4-9H,1-3H3;2*1-2H3;2*1H;;/q4*-1;;;;;2*+2/p-2. The molecule has 62 heavy (non-hydrogen) atoms. The molecule has 8 aromatic carbocycles. The van der Waals surface area contributed by atoms with Crippen molar-refractivity contribution in [1.29, 1.82) is 0 Å². The predicted molar refractivity (Wildman–Crippen MR) is 268 cm³/mol. The molecule has 0 aliphatic heterocycles. The maximum atomic E-state index is 2.31. The first-order chi connectivity index (χ1) is 28.2. The van der Waals surface area contributed by atoms with Gasteiger partial charge in [0.25, 0.3) is 0 Å². The van der Waals surface area contributed by atoms with Gasteiger partial charge in [-0.15, -0.1) is 138 Å². The van der Waals surface area contributed by atoms with Gasteiger partial charge < -0.3 is 24.8 Å². The van der Waals surface area contributed by atoms with E-state index in [1.165, 1.54) is 87.6 Å². The van der Waals surface area contributed by atoms with E-state index >= 15 is 0 Å². The molecular formula is C56H72Cl2Si2Zr2-2. The zero-order valence-electron chi connectivity index (χ0n) is 40.6. The number of rotatable bonds is 4. The monoisotopic (exact) mass is 1050 g/mol. The normalized spacial score (nSPS) is 10.5. The zero-order valence-corrected chi connectivity index (χ0v) is 49.0. The predicted octanol–water partition coefficient (Wildman–Crippen LogP) is 11.5. The van der Waals surface area contributed by atoms with E-state index in [9.17, 15) is 0 Å². The molecule has 8 aromatic rings. The Balaban J connectivity index is 0.000000386. The van der Waals surface area contributed by atoms with Gasteiger partial charge in [-0.05, 0) is 23.7 Å². The van der Waals surface area contributed by atoms with Crippen molar-refractivity contribution in [3.8, 4) is 0 Å². The smallest absolute Gasteiger partial charge is 0.0308 e. The van der Waals surface area contributed by atoms with E-state index in [1.807, 2.05) is 0 Å². The van der Waals surface area contributed by atoms with Crippen molar-refractivity contribution in [3.63, 3.8) is 0 Å². The Morgan fingerprint density at radius 3 is 0.661 bits per heavy atom. The van der Waals surface area contributed by atoms with Crippen molar-refractivity contribution in [1.82, 2.24) is 0 Å². The summed E-state index contributed by atoms with van der Waals surface area (Å²) in [7, 11) is 0. The van der Waals surface area contributed by atoms with E-state index in [2.05, 4.69) is 231 Å². The number of benzene rings is 4. The largest absolute Gasteiger partial charge is 1.00 e. The van der Waals surface area contributed by atoms with Crippen molar-refractivity contribution >= 4 is 54.0 Å². The Hall–Kier alpha value is -1.90. The first-order valence-electron chi connectivity index (χ1n) is 21.9. The second-order valence-corrected chi connectivity index (χ2v) is 36.9. The molecule has 0 heterocycles. The molecule has 6 heteroatoms. The molecule has 0 atom stereocenters. The molecule has 0 saturated carbocycles. The molecule has 0 aliphatic carbocycles. The molecule has 0 saturated heterocycles. The van der Waals surface area contributed by atoms with Crippen LogP contribution in [-0.2, 0) is 46.7 Å². The van der Waals surface area contributed by atoms with Gasteiger partial charge in [-0.2, -0.15) is 24.3 Å². The first kappa shape index (κ1) is 58.1. The molecule has 0 aliphatic rings. The molecule has 0 unspecified atom stereocenters. The summed E-state index contributed by atoms with van der Waals surface area (Å²) >= 11 is 3.48. The number of fused-ring (bicyclic) bond motifs is 4. The number of halogens is 2. The van der Waals surface area contributed by atoms with Crippen LogP contribution in [-0.4, -0.2) is 10.9 Å². The summed E-state index contributed by atoms with van der Waals surface area (Å²) < 4.78 is 0. The average molecular weight is 1050 g/mol. The third kappa shape index (κ3) is 18.2. The summed E-state index contributed by atoms with van der Waals surface area (Å²) in [6.45, 7) is 35.8. The Kier molecular flexibility index (Phi) is 26.4. The summed E-state index contributed by atoms with van der Waals surface area (Å²) in [5.74, 6) is 2.46. The van der Waals surface area contributed by atoms with Gasteiger partial charge in [-0.1, -0.05) is 130 Å². The SMILES string of the molecule is C[Si](C)=[Zr+2].C[Si](C)=[Zr+2].Cc1cc2c(C(C)C)cccc2[cH-]1.Cc1cc2c(C(C)C)cccc2[cH-]1.Cc1cc2c(C(C)C)cccc2[cH-]1.Cc1cc2c(C(C)C)cccc2[cH-]1.[Cl-].[Cl-]. The maximum Gasteiger partial charge on any atom is -0.0308 e. The minimum atomic E-state index is 0. The second kappa shape index (κ2) is 28.2. The molecule has 328 valence electrons. The Bertz CT molecular complexity index is 2230. The van der Waals surface area contributed by atoms with E-state index in [4.69, 9.17) is 0 Å². The van der Waals surface area contributed by atoms with Crippen LogP contribution in [0.5, 0.6) is 0 Å². The Morgan fingerprint density at radius 1 is 0.355 bits per heavy atom. The quantitative estimate of drug-likeness (QED) is 0.122. The molecule has 0 spiro atoms. The van der Waals surface area contributed by atoms with Crippen LogP contribution in [0.4, 0.5) is 0 Å². The van der Waals surface area contributed by atoms with Gasteiger partial charge in [0.1, 0.15) is 0 Å². The van der Waals surface area contributed by atoms with Crippen LogP contribution >= 0.6 is 0 Å². The number of aryl methyl sites for hydroxylation is 4. The molecule has 0 amide bonds. The van der Waals surface area contributed by atoms with E-state index in [0.29, 0.717) is 23.7 Å². The van der Waals surface area contributed by atoms with Gasteiger partial charge in [0.05, 0.1) is 0 Å². The first-order valence-corrected chi connectivity index (χ1v) is 34.2. The summed E-state index contributed by atoms with van der Waals surface area (Å²) in [5, 5.41) is 11.2. The van der Waals surface area contributed by atoms with Gasteiger partial charge in [0.2, 0.25) is 0 Å². The van der Waals surface area contributed by atoms with Crippen LogP contribution in [0, 0.1) is 27.7 Å². The summed E-state index contributed by atoms with van der Waals surface area (Å²) in [5.41, 5.74) is 11.7. The number of hydrogen-bond donors (Lipinski definition) is 0. The van der Waals surface area contributed by atoms with Crippen LogP contribution in [0.15, 0.2) is 121 Å². The number of hydrogen-bond acceptors (Lipinski definition) is 0. The molecule has 0 radical (unpaired) electrons. The topological polar surface area (TPSA) is 0 Å². The van der Waals surface area contributed by atoms with E-state index < -0.39 is 0 Å². The van der Waals surface area contributed by atoms with E-state index in [-0.39, 0.29) is 35.7 Å². The molecule has 0 nitrogen and oxygen atoms in total. The maximum absolute atomic E-state index is 2.31. The van der Waals surface area contributed by atoms with Gasteiger partial charge in [-0.25, -0.2) is 0 Å². The van der Waals surface area contributed by atoms with Crippen LogP contribution in [0.1, 0.15) is 124 Å². The fourth-order valence-corrected chi connectivity index (χ4v) is 7.65. The molecular weight excluding hydrogens is 982 g/mol. The van der Waals surface area contributed by atoms with Gasteiger partial charge in [0.15, 0.2) is 0 Å². The summed E-state index contributed by atoms with van der Waals surface area (Å²) in [6.07, 6.45) is 0. The third-order valence-corrected chi connectivity index (χ3v) is 10.2. The third-order valence-electron chi connectivity index (χ3n) is 10.2. The Labute approximate surface area is 420 Å². The van der Waals surface area contributed by atoms with Crippen LogP contribution in [0.3, 0.4) is 0 Å². The second-order valence-electron chi connectivity index (χ2n) is 18.2. The van der Waals surface area contributed by atoms with Crippen LogP contribution in [0.2, 0.25) is 26.2 Å². The van der Waals surface area contributed by atoms with Crippen molar-refractivity contribution < 1.29 is 71.5 Å². The average Bonchev–Trinajstić information content (AvgIpc) is 3.93. The molecule has 0 N–H and O–H groups in total. The van der Waals surface area contributed by atoms with E-state index in [0.717, 1.165) is 0 Å². The zero-order chi connectivity index (χ0) is 44.8. The van der Waals surface area contributed by atoms with Gasteiger partial charge >= 0.3 is 83.7 Å². The van der Waals surface area contributed by atoms with Crippen molar-refractivity contribution in [2.75, 3.05) is 0 Å². The van der Waals surface area contributed by atoms with Crippen LogP contribution in [0.25, 0.3) is 43.1 Å². The fourth-order valence-electron chi connectivity index (χ4n) is 7.65. The summed E-state index contributed by atoms with van der Waals surface area (Å²) in [4.78, 5) is 0. The van der Waals surface area contributed by atoms with E-state index in [1.54, 1.807) is 46.7 Å².